The molecule has 0 fully saturated rings. The molecule has 1 unspecified atom stereocenters. The van der Waals surface area contributed by atoms with E-state index in [1.165, 1.54) is 27.8 Å². The van der Waals surface area contributed by atoms with Crippen LogP contribution in [-0.2, 0) is 6.42 Å². The van der Waals surface area contributed by atoms with E-state index in [2.05, 4.69) is 111 Å². The van der Waals surface area contributed by atoms with Gasteiger partial charge in [0.25, 0.3) is 0 Å². The van der Waals surface area contributed by atoms with Gasteiger partial charge in [-0.1, -0.05) is 67.6 Å². The summed E-state index contributed by atoms with van der Waals surface area (Å²) in [7, 11) is 0. The topological polar surface area (TPSA) is 77.8 Å². The predicted molar refractivity (Wildman–Crippen MR) is 152 cm³/mol. The highest BCUT2D eigenvalue weighted by Gasteiger charge is 2.23. The van der Waals surface area contributed by atoms with Crippen molar-refractivity contribution in [3.05, 3.63) is 102 Å². The molecule has 1 aromatic heterocycles. The number of rotatable bonds is 7. The van der Waals surface area contributed by atoms with Crippen molar-refractivity contribution in [2.75, 3.05) is 17.0 Å². The summed E-state index contributed by atoms with van der Waals surface area (Å²) in [5.41, 5.74) is 14.3. The van der Waals surface area contributed by atoms with Crippen molar-refractivity contribution in [2.45, 2.75) is 25.0 Å². The van der Waals surface area contributed by atoms with Crippen LogP contribution >= 0.6 is 11.9 Å². The molecule has 0 bridgehead atoms. The number of aromatic nitrogens is 2. The molecule has 37 heavy (non-hydrogen) atoms. The van der Waals surface area contributed by atoms with Crippen molar-refractivity contribution in [1.29, 1.82) is 0 Å². The summed E-state index contributed by atoms with van der Waals surface area (Å²) in [5.74, 6) is 1.48. The molecule has 7 nitrogen and oxygen atoms in total. The summed E-state index contributed by atoms with van der Waals surface area (Å²) in [6.45, 7) is 2.96. The van der Waals surface area contributed by atoms with Gasteiger partial charge in [-0.25, -0.2) is 15.0 Å². The minimum Gasteiger partial charge on any atom is -0.298 e. The van der Waals surface area contributed by atoms with E-state index in [0.29, 0.717) is 11.1 Å². The summed E-state index contributed by atoms with van der Waals surface area (Å²) in [4.78, 5) is 9.50. The fourth-order valence-corrected chi connectivity index (χ4v) is 5.22. The molecule has 2 aliphatic heterocycles. The van der Waals surface area contributed by atoms with E-state index < -0.39 is 0 Å². The lowest BCUT2D eigenvalue weighted by molar-refractivity contribution is 0.846. The van der Waals surface area contributed by atoms with Crippen molar-refractivity contribution >= 4 is 40.8 Å². The molecule has 3 heterocycles. The SMILES string of the molecule is CC/C(=C/c1ncc2c(n1)N(c1ccc(CC3CN=NS3)cc1)NN2)c1cccc(-c2ccccc2)c1. The molecular weight excluding hydrogens is 478 g/mol. The third kappa shape index (κ3) is 5.12. The molecule has 0 saturated heterocycles. The van der Waals surface area contributed by atoms with Crippen molar-refractivity contribution in [3.63, 3.8) is 0 Å². The van der Waals surface area contributed by atoms with Gasteiger partial charge < -0.3 is 0 Å². The minimum absolute atomic E-state index is 0.432. The molecule has 1 atom stereocenters. The van der Waals surface area contributed by atoms with Gasteiger partial charge in [-0.05, 0) is 64.9 Å². The molecule has 3 aromatic carbocycles. The number of hydrazine groups is 2. The van der Waals surface area contributed by atoms with Crippen LogP contribution in [0.3, 0.4) is 0 Å². The average molecular weight is 506 g/mol. The quantitative estimate of drug-likeness (QED) is 0.261. The third-order valence-electron chi connectivity index (χ3n) is 6.52. The second-order valence-corrected chi connectivity index (χ2v) is 10.1. The Morgan fingerprint density at radius 1 is 1.03 bits per heavy atom. The van der Waals surface area contributed by atoms with Crippen LogP contribution in [-0.4, -0.2) is 21.8 Å². The van der Waals surface area contributed by atoms with Crippen LogP contribution in [0.5, 0.6) is 0 Å². The van der Waals surface area contributed by atoms with Crippen LogP contribution in [0.1, 0.15) is 30.3 Å². The van der Waals surface area contributed by atoms with E-state index in [0.717, 1.165) is 36.6 Å². The number of nitrogens with zero attached hydrogens (tertiary/aromatic N) is 5. The van der Waals surface area contributed by atoms with E-state index in [-0.39, 0.29) is 0 Å². The largest absolute Gasteiger partial charge is 0.298 e. The van der Waals surface area contributed by atoms with Crippen LogP contribution in [0, 0.1) is 0 Å². The van der Waals surface area contributed by atoms with Gasteiger partial charge in [0.1, 0.15) is 5.69 Å². The van der Waals surface area contributed by atoms with Crippen LogP contribution in [0.25, 0.3) is 22.8 Å². The molecule has 0 saturated carbocycles. The molecule has 4 aromatic rings. The highest BCUT2D eigenvalue weighted by molar-refractivity contribution is 7.98. The average Bonchev–Trinajstić information content (AvgIpc) is 3.63. The fraction of sp³-hybridized carbons (Fsp3) is 0.172. The van der Waals surface area contributed by atoms with Crippen LogP contribution in [0.4, 0.5) is 17.2 Å². The predicted octanol–water partition coefficient (Wildman–Crippen LogP) is 7.10. The summed E-state index contributed by atoms with van der Waals surface area (Å²) in [6, 6.07) is 27.6. The molecule has 0 aliphatic carbocycles. The Kier molecular flexibility index (Phi) is 6.66. The maximum atomic E-state index is 4.90. The monoisotopic (exact) mass is 505 g/mol. The summed E-state index contributed by atoms with van der Waals surface area (Å²) >= 11 is 1.57. The maximum Gasteiger partial charge on any atom is 0.177 e. The van der Waals surface area contributed by atoms with Gasteiger partial charge in [-0.15, -0.1) is 10.1 Å². The number of hydrogen-bond acceptors (Lipinski definition) is 8. The standard InChI is InChI=1S/C29H27N7S/c1-2-21(23-9-6-10-24(16-23)22-7-4-3-5-8-22)17-28-30-19-27-29(32-28)36(34-33-27)25-13-11-20(12-14-25)15-26-18-31-35-37-26/h3-14,16-17,19,26,33-34H,2,15,18H2,1H3/b21-17-. The van der Waals surface area contributed by atoms with E-state index >= 15 is 0 Å². The van der Waals surface area contributed by atoms with Crippen LogP contribution in [0.15, 0.2) is 94.7 Å². The normalized spacial score (nSPS) is 16.6. The maximum absolute atomic E-state index is 4.90. The highest BCUT2D eigenvalue weighted by atomic mass is 32.2. The summed E-state index contributed by atoms with van der Waals surface area (Å²) in [5, 5.41) is 6.47. The summed E-state index contributed by atoms with van der Waals surface area (Å²) in [6.07, 6.45) is 5.75. The van der Waals surface area contributed by atoms with E-state index in [9.17, 15) is 0 Å². The molecule has 0 spiro atoms. The zero-order valence-electron chi connectivity index (χ0n) is 20.5. The Morgan fingerprint density at radius 2 is 1.86 bits per heavy atom. The Hall–Kier alpha value is -4.01. The van der Waals surface area contributed by atoms with E-state index in [4.69, 9.17) is 4.98 Å². The Labute approximate surface area is 220 Å². The lowest BCUT2D eigenvalue weighted by Gasteiger charge is -2.17. The van der Waals surface area contributed by atoms with Crippen LogP contribution in [0.2, 0.25) is 0 Å². The number of allylic oxidation sites excluding steroid dienone is 1. The Balaban J connectivity index is 1.25. The lowest BCUT2D eigenvalue weighted by atomic mass is 9.97. The number of nitrogens with one attached hydrogen (secondary N) is 2. The van der Waals surface area contributed by atoms with Gasteiger partial charge in [0.2, 0.25) is 0 Å². The van der Waals surface area contributed by atoms with Gasteiger partial charge >= 0.3 is 0 Å². The number of fused-ring (bicyclic) bond motifs is 1. The zero-order valence-corrected chi connectivity index (χ0v) is 21.3. The lowest BCUT2D eigenvalue weighted by Crippen LogP contribution is -2.31. The zero-order chi connectivity index (χ0) is 25.0. The summed E-state index contributed by atoms with van der Waals surface area (Å²) < 4.78 is 4.03. The first-order valence-corrected chi connectivity index (χ1v) is 13.3. The van der Waals surface area contributed by atoms with Crippen molar-refractivity contribution in [3.8, 4) is 11.1 Å². The second kappa shape index (κ2) is 10.5. The number of hydrogen-bond donors (Lipinski definition) is 2. The smallest absolute Gasteiger partial charge is 0.177 e. The Bertz CT molecular complexity index is 1440. The molecular formula is C29H27N7S. The van der Waals surface area contributed by atoms with Gasteiger partial charge in [0.15, 0.2) is 11.6 Å². The minimum atomic E-state index is 0.432. The molecule has 2 N–H and O–H groups in total. The van der Waals surface area contributed by atoms with Gasteiger partial charge in [-0.3, -0.25) is 5.43 Å². The third-order valence-corrected chi connectivity index (χ3v) is 7.35. The number of benzene rings is 3. The first-order valence-electron chi connectivity index (χ1n) is 12.4. The van der Waals surface area contributed by atoms with E-state index in [1.807, 2.05) is 17.3 Å². The van der Waals surface area contributed by atoms with Gasteiger partial charge in [0.05, 0.1) is 23.7 Å². The van der Waals surface area contributed by atoms with E-state index in [1.54, 1.807) is 11.9 Å². The van der Waals surface area contributed by atoms with Crippen LogP contribution < -0.4 is 16.0 Å². The van der Waals surface area contributed by atoms with Gasteiger partial charge in [-0.2, -0.15) is 5.11 Å². The molecule has 8 heteroatoms. The Morgan fingerprint density at radius 3 is 2.65 bits per heavy atom. The molecule has 6 rings (SSSR count). The first-order chi connectivity index (χ1) is 18.3. The van der Waals surface area contributed by atoms with Crippen molar-refractivity contribution in [1.82, 2.24) is 15.5 Å². The molecule has 184 valence electrons. The van der Waals surface area contributed by atoms with Crippen molar-refractivity contribution in [2.24, 2.45) is 9.63 Å². The fourth-order valence-electron chi connectivity index (χ4n) is 4.55. The molecule has 2 aliphatic rings. The van der Waals surface area contributed by atoms with Gasteiger partial charge in [0, 0.05) is 11.9 Å². The van der Waals surface area contributed by atoms with Crippen molar-refractivity contribution < 1.29 is 0 Å². The first kappa shape index (κ1) is 23.4. The number of anilines is 3. The second-order valence-electron chi connectivity index (χ2n) is 9.01. The molecule has 0 amide bonds. The molecule has 0 radical (unpaired) electrons. The highest BCUT2D eigenvalue weighted by Crippen LogP contribution is 2.34.